The molecule has 0 rings (SSSR count). The number of hydrogen-bond donors (Lipinski definition) is 0. The molecule has 0 amide bonds. The van der Waals surface area contributed by atoms with E-state index in [9.17, 15) is 26.5 Å². The van der Waals surface area contributed by atoms with E-state index in [0.29, 0.717) is 0 Å². The van der Waals surface area contributed by atoms with Crippen LogP contribution in [0, 0.1) is 0 Å². The fraction of sp³-hybridized carbons (Fsp3) is 0.714. The maximum Gasteiger partial charge on any atom is 0.454 e. The van der Waals surface area contributed by atoms with Crippen molar-refractivity contribution in [2.24, 2.45) is 0 Å². The highest BCUT2D eigenvalue weighted by Crippen LogP contribution is 2.40. The second-order valence-electron chi connectivity index (χ2n) is 2.55. The molecule has 0 saturated carbocycles. The molecule has 15 heavy (non-hydrogen) atoms. The third-order valence-electron chi connectivity index (χ3n) is 1.50. The van der Waals surface area contributed by atoms with E-state index in [1.807, 2.05) is 0 Å². The number of alkyl halides is 6. The predicted octanol–water partition coefficient (Wildman–Crippen LogP) is 3.79. The molecule has 0 aliphatic heterocycles. The maximum absolute atomic E-state index is 12.7. The molecule has 0 aromatic carbocycles. The topological polar surface area (TPSA) is 9.23 Å². The van der Waals surface area contributed by atoms with Gasteiger partial charge in [-0.2, -0.15) is 17.6 Å². The van der Waals surface area contributed by atoms with Crippen LogP contribution in [0.3, 0.4) is 0 Å². The van der Waals surface area contributed by atoms with E-state index in [1.54, 1.807) is 0 Å². The molecule has 0 saturated heterocycles. The van der Waals surface area contributed by atoms with Crippen LogP contribution in [-0.2, 0) is 4.94 Å². The van der Waals surface area contributed by atoms with Crippen LogP contribution in [0.5, 0.6) is 0 Å². The molecule has 0 N–H and O–H groups in total. The van der Waals surface area contributed by atoms with Gasteiger partial charge in [-0.15, -0.1) is 4.94 Å². The van der Waals surface area contributed by atoms with Gasteiger partial charge in [0.05, 0.1) is 0 Å². The van der Waals surface area contributed by atoms with E-state index in [2.05, 4.69) is 20.9 Å². The Morgan fingerprint density at radius 1 is 1.20 bits per heavy atom. The van der Waals surface area contributed by atoms with Gasteiger partial charge in [0.2, 0.25) is 0 Å². The maximum atomic E-state index is 12.7. The Kier molecular flexibility index (Phi) is 5.65. The Bertz CT molecular complexity index is 218. The quantitative estimate of drug-likeness (QED) is 0.426. The first-order chi connectivity index (χ1) is 6.79. The van der Waals surface area contributed by atoms with Gasteiger partial charge in [-0.05, 0) is 4.53 Å². The SMILES string of the molecule is FOC(F)(C(F)CC=CCBr)C(F)(F)F. The van der Waals surface area contributed by atoms with Crippen LogP contribution in [0.4, 0.5) is 26.5 Å². The molecule has 0 bridgehead atoms. The Balaban J connectivity index is 4.59. The standard InChI is InChI=1S/C7H7BrF6O/c8-4-2-1-3-5(9)6(10,15-14)7(11,12)13/h1-2,5H,3-4H2. The minimum atomic E-state index is -5.76. The molecule has 0 radical (unpaired) electrons. The first-order valence-corrected chi connectivity index (χ1v) is 4.82. The van der Waals surface area contributed by atoms with Crippen LogP contribution in [0.2, 0.25) is 0 Å². The lowest BCUT2D eigenvalue weighted by Crippen LogP contribution is -2.49. The Hall–Kier alpha value is -0.240. The van der Waals surface area contributed by atoms with Crippen LogP contribution >= 0.6 is 15.9 Å². The molecule has 0 heterocycles. The van der Waals surface area contributed by atoms with Gasteiger partial charge in [-0.1, -0.05) is 28.1 Å². The molecular formula is C7H7BrF6O. The molecule has 0 aliphatic carbocycles. The highest BCUT2D eigenvalue weighted by molar-refractivity contribution is 9.09. The summed E-state index contributed by atoms with van der Waals surface area (Å²) in [5, 5.41) is 0.265. The fourth-order valence-corrected chi connectivity index (χ4v) is 0.964. The van der Waals surface area contributed by atoms with Crippen molar-refractivity contribution in [2.45, 2.75) is 24.6 Å². The van der Waals surface area contributed by atoms with Crippen molar-refractivity contribution in [3.63, 3.8) is 0 Å². The Labute approximate surface area is 90.1 Å². The van der Waals surface area contributed by atoms with E-state index >= 15 is 0 Å². The summed E-state index contributed by atoms with van der Waals surface area (Å²) < 4.78 is 72.4. The van der Waals surface area contributed by atoms with Gasteiger partial charge in [-0.25, -0.2) is 4.39 Å². The van der Waals surface area contributed by atoms with Gasteiger partial charge in [0.15, 0.2) is 6.17 Å². The largest absolute Gasteiger partial charge is 0.454 e. The summed E-state index contributed by atoms with van der Waals surface area (Å²) in [6.45, 7) is 0. The molecule has 90 valence electrons. The summed E-state index contributed by atoms with van der Waals surface area (Å²) >= 11 is 2.88. The van der Waals surface area contributed by atoms with Gasteiger partial charge in [-0.3, -0.25) is 0 Å². The van der Waals surface area contributed by atoms with Crippen LogP contribution in [0.1, 0.15) is 6.42 Å². The fourth-order valence-electron chi connectivity index (χ4n) is 0.700. The van der Waals surface area contributed by atoms with Crippen molar-refractivity contribution in [1.29, 1.82) is 0 Å². The third kappa shape index (κ3) is 3.67. The molecule has 0 aliphatic rings. The minimum Gasteiger partial charge on any atom is -0.240 e. The highest BCUT2D eigenvalue weighted by atomic mass is 79.9. The third-order valence-corrected chi connectivity index (χ3v) is 1.87. The normalized spacial score (nSPS) is 19.1. The summed E-state index contributed by atoms with van der Waals surface area (Å²) in [7, 11) is 0. The lowest BCUT2D eigenvalue weighted by Gasteiger charge is -2.25. The first kappa shape index (κ1) is 14.8. The second kappa shape index (κ2) is 5.74. The van der Waals surface area contributed by atoms with Gasteiger partial charge in [0.25, 0.3) is 0 Å². The molecule has 2 atom stereocenters. The molecule has 0 fully saturated rings. The molecule has 0 spiro atoms. The van der Waals surface area contributed by atoms with E-state index < -0.39 is 24.6 Å². The number of allylic oxidation sites excluding steroid dienone is 2. The van der Waals surface area contributed by atoms with Crippen molar-refractivity contribution in [3.8, 4) is 0 Å². The highest BCUT2D eigenvalue weighted by Gasteiger charge is 2.64. The zero-order valence-corrected chi connectivity index (χ0v) is 8.79. The van der Waals surface area contributed by atoms with Crippen molar-refractivity contribution in [1.82, 2.24) is 0 Å². The zero-order valence-electron chi connectivity index (χ0n) is 7.20. The van der Waals surface area contributed by atoms with E-state index in [1.165, 1.54) is 6.08 Å². The number of hydrogen-bond acceptors (Lipinski definition) is 1. The molecular weight excluding hydrogens is 294 g/mol. The van der Waals surface area contributed by atoms with E-state index in [4.69, 9.17) is 0 Å². The van der Waals surface area contributed by atoms with Gasteiger partial charge in [0, 0.05) is 11.8 Å². The number of rotatable bonds is 5. The Morgan fingerprint density at radius 3 is 2.07 bits per heavy atom. The van der Waals surface area contributed by atoms with Crippen molar-refractivity contribution >= 4 is 15.9 Å². The molecule has 1 nitrogen and oxygen atoms in total. The van der Waals surface area contributed by atoms with E-state index in [0.717, 1.165) is 6.08 Å². The predicted molar refractivity (Wildman–Crippen MR) is 44.5 cm³/mol. The lowest BCUT2D eigenvalue weighted by molar-refractivity contribution is -0.417. The lowest BCUT2D eigenvalue weighted by atomic mass is 10.1. The summed E-state index contributed by atoms with van der Waals surface area (Å²) in [5.41, 5.74) is 0. The molecule has 0 aromatic rings. The smallest absolute Gasteiger partial charge is 0.240 e. The molecule has 0 aromatic heterocycles. The Morgan fingerprint density at radius 2 is 1.73 bits per heavy atom. The van der Waals surface area contributed by atoms with Gasteiger partial charge < -0.3 is 0 Å². The van der Waals surface area contributed by atoms with Gasteiger partial charge >= 0.3 is 12.0 Å². The van der Waals surface area contributed by atoms with E-state index in [-0.39, 0.29) is 5.33 Å². The van der Waals surface area contributed by atoms with Gasteiger partial charge in [0.1, 0.15) is 0 Å². The van der Waals surface area contributed by atoms with Crippen molar-refractivity contribution in [3.05, 3.63) is 12.2 Å². The van der Waals surface area contributed by atoms with Crippen LogP contribution in [0.25, 0.3) is 0 Å². The number of halogens is 7. The van der Waals surface area contributed by atoms with Crippen LogP contribution < -0.4 is 0 Å². The average Bonchev–Trinajstić information content (AvgIpc) is 2.15. The molecule has 8 heteroatoms. The summed E-state index contributed by atoms with van der Waals surface area (Å²) in [6.07, 6.45) is -7.66. The van der Waals surface area contributed by atoms with Crippen LogP contribution in [0.15, 0.2) is 12.2 Å². The summed E-state index contributed by atoms with van der Waals surface area (Å²) in [5.74, 6) is -4.91. The second-order valence-corrected chi connectivity index (χ2v) is 3.20. The zero-order chi connectivity index (χ0) is 12.1. The summed E-state index contributed by atoms with van der Waals surface area (Å²) in [6, 6.07) is 0. The first-order valence-electron chi connectivity index (χ1n) is 3.70. The van der Waals surface area contributed by atoms with Crippen LogP contribution in [-0.4, -0.2) is 23.5 Å². The molecule has 2 unspecified atom stereocenters. The van der Waals surface area contributed by atoms with Crippen molar-refractivity contribution in [2.75, 3.05) is 5.33 Å². The summed E-state index contributed by atoms with van der Waals surface area (Å²) in [4.78, 5) is 2.08. The monoisotopic (exact) mass is 300 g/mol. The average molecular weight is 301 g/mol. The minimum absolute atomic E-state index is 0.265. The van der Waals surface area contributed by atoms with Crippen molar-refractivity contribution < 1.29 is 31.4 Å².